The van der Waals surface area contributed by atoms with Gasteiger partial charge in [-0.3, -0.25) is 4.79 Å². The van der Waals surface area contributed by atoms with E-state index < -0.39 is 6.04 Å². The summed E-state index contributed by atoms with van der Waals surface area (Å²) in [6.45, 7) is 1.25. The van der Waals surface area contributed by atoms with Crippen LogP contribution in [-0.2, 0) is 17.8 Å². The second-order valence-corrected chi connectivity index (χ2v) is 4.90. The topological polar surface area (TPSA) is 56.1 Å². The van der Waals surface area contributed by atoms with Gasteiger partial charge in [0.2, 0.25) is 5.91 Å². The molecule has 0 bridgehead atoms. The standard InChI is InChI=1S/C15H15N3O/c16-9-13-6-3-7-18(13)15(19)14-8-11-4-1-2-5-12(11)10-17-14/h1-6,13-14,17H,7-8,10H2/t13-,14?/m0/s1. The number of hydrogen-bond donors (Lipinski definition) is 1. The van der Waals surface area contributed by atoms with Crippen molar-refractivity contribution in [2.75, 3.05) is 6.54 Å². The summed E-state index contributed by atoms with van der Waals surface area (Å²) in [5.41, 5.74) is 2.48. The Labute approximate surface area is 112 Å². The third-order valence-corrected chi connectivity index (χ3v) is 3.75. The van der Waals surface area contributed by atoms with E-state index in [1.54, 1.807) is 11.0 Å². The van der Waals surface area contributed by atoms with Gasteiger partial charge in [-0.1, -0.05) is 30.3 Å². The van der Waals surface area contributed by atoms with Crippen molar-refractivity contribution in [1.82, 2.24) is 10.2 Å². The molecule has 0 saturated carbocycles. The summed E-state index contributed by atoms with van der Waals surface area (Å²) in [5, 5.41) is 12.3. The monoisotopic (exact) mass is 253 g/mol. The van der Waals surface area contributed by atoms with E-state index in [1.165, 1.54) is 11.1 Å². The van der Waals surface area contributed by atoms with Crippen LogP contribution in [0.3, 0.4) is 0 Å². The van der Waals surface area contributed by atoms with Crippen LogP contribution in [-0.4, -0.2) is 29.4 Å². The molecular weight excluding hydrogens is 238 g/mol. The molecule has 2 aliphatic heterocycles. The summed E-state index contributed by atoms with van der Waals surface area (Å²) in [6.07, 6.45) is 4.36. The van der Waals surface area contributed by atoms with Crippen molar-refractivity contribution in [1.29, 1.82) is 5.26 Å². The molecule has 0 fully saturated rings. The van der Waals surface area contributed by atoms with E-state index in [-0.39, 0.29) is 11.9 Å². The third kappa shape index (κ3) is 2.13. The van der Waals surface area contributed by atoms with Gasteiger partial charge in [-0.15, -0.1) is 0 Å². The Balaban J connectivity index is 1.75. The molecule has 2 heterocycles. The van der Waals surface area contributed by atoms with Crippen LogP contribution in [0.15, 0.2) is 36.4 Å². The molecule has 0 aromatic heterocycles. The third-order valence-electron chi connectivity index (χ3n) is 3.75. The van der Waals surface area contributed by atoms with E-state index in [1.807, 2.05) is 18.2 Å². The number of benzene rings is 1. The molecule has 1 aromatic carbocycles. The summed E-state index contributed by atoms with van der Waals surface area (Å²) in [4.78, 5) is 14.1. The SMILES string of the molecule is N#C[C@@H]1C=CCN1C(=O)C1Cc2ccccc2CN1. The molecule has 1 amide bonds. The van der Waals surface area contributed by atoms with Gasteiger partial charge in [-0.2, -0.15) is 5.26 Å². The fourth-order valence-electron chi connectivity index (χ4n) is 2.69. The number of carbonyl (C=O) groups excluding carboxylic acids is 1. The molecule has 1 N–H and O–H groups in total. The second kappa shape index (κ2) is 4.87. The number of nitrogens with one attached hydrogen (secondary N) is 1. The molecule has 0 radical (unpaired) electrons. The Morgan fingerprint density at radius 2 is 2.16 bits per heavy atom. The Morgan fingerprint density at radius 1 is 1.37 bits per heavy atom. The molecule has 96 valence electrons. The Hall–Kier alpha value is -2.12. The predicted molar refractivity (Wildman–Crippen MR) is 71.0 cm³/mol. The molecule has 19 heavy (non-hydrogen) atoms. The summed E-state index contributed by atoms with van der Waals surface area (Å²) in [7, 11) is 0. The minimum Gasteiger partial charge on any atom is -0.318 e. The first-order chi connectivity index (χ1) is 9.29. The lowest BCUT2D eigenvalue weighted by Crippen LogP contribution is -2.50. The van der Waals surface area contributed by atoms with Crippen LogP contribution in [0.2, 0.25) is 0 Å². The number of hydrogen-bond acceptors (Lipinski definition) is 3. The van der Waals surface area contributed by atoms with Crippen LogP contribution in [0, 0.1) is 11.3 Å². The lowest BCUT2D eigenvalue weighted by atomic mass is 9.95. The Morgan fingerprint density at radius 3 is 2.95 bits per heavy atom. The smallest absolute Gasteiger partial charge is 0.241 e. The maximum atomic E-state index is 12.5. The molecule has 4 nitrogen and oxygen atoms in total. The Bertz CT molecular complexity index is 573. The zero-order valence-corrected chi connectivity index (χ0v) is 10.5. The highest BCUT2D eigenvalue weighted by atomic mass is 16.2. The van der Waals surface area contributed by atoms with Crippen LogP contribution >= 0.6 is 0 Å². The first-order valence-corrected chi connectivity index (χ1v) is 6.46. The molecule has 0 aliphatic carbocycles. The van der Waals surface area contributed by atoms with Crippen molar-refractivity contribution >= 4 is 5.91 Å². The van der Waals surface area contributed by atoms with Crippen molar-refractivity contribution in [2.24, 2.45) is 0 Å². The maximum Gasteiger partial charge on any atom is 0.241 e. The molecule has 2 aliphatic rings. The van der Waals surface area contributed by atoms with Gasteiger partial charge in [0.25, 0.3) is 0 Å². The zero-order valence-electron chi connectivity index (χ0n) is 10.5. The number of fused-ring (bicyclic) bond motifs is 1. The summed E-state index contributed by atoms with van der Waals surface area (Å²) >= 11 is 0. The van der Waals surface area contributed by atoms with Crippen molar-refractivity contribution in [3.63, 3.8) is 0 Å². The highest BCUT2D eigenvalue weighted by molar-refractivity contribution is 5.84. The van der Waals surface area contributed by atoms with Gasteiger partial charge in [-0.25, -0.2) is 0 Å². The van der Waals surface area contributed by atoms with Crippen LogP contribution in [0.1, 0.15) is 11.1 Å². The van der Waals surface area contributed by atoms with Crippen molar-refractivity contribution in [3.8, 4) is 6.07 Å². The predicted octanol–water partition coefficient (Wildman–Crippen LogP) is 0.991. The first-order valence-electron chi connectivity index (χ1n) is 6.46. The number of amides is 1. The number of nitrogens with zero attached hydrogens (tertiary/aromatic N) is 2. The molecule has 0 spiro atoms. The molecule has 1 aromatic rings. The van der Waals surface area contributed by atoms with Gasteiger partial charge in [0, 0.05) is 13.1 Å². The van der Waals surface area contributed by atoms with Gasteiger partial charge in [0.1, 0.15) is 6.04 Å². The fourth-order valence-corrected chi connectivity index (χ4v) is 2.69. The quantitative estimate of drug-likeness (QED) is 0.759. The van der Waals surface area contributed by atoms with E-state index in [4.69, 9.17) is 5.26 Å². The second-order valence-electron chi connectivity index (χ2n) is 4.90. The molecule has 0 saturated heterocycles. The van der Waals surface area contributed by atoms with Crippen molar-refractivity contribution < 1.29 is 4.79 Å². The largest absolute Gasteiger partial charge is 0.318 e. The van der Waals surface area contributed by atoms with Crippen molar-refractivity contribution in [3.05, 3.63) is 47.5 Å². The van der Waals surface area contributed by atoms with Crippen molar-refractivity contribution in [2.45, 2.75) is 25.0 Å². The molecule has 3 rings (SSSR count). The van der Waals surface area contributed by atoms with Crippen LogP contribution < -0.4 is 5.32 Å². The average Bonchev–Trinajstić information content (AvgIpc) is 2.94. The van der Waals surface area contributed by atoms with Gasteiger partial charge >= 0.3 is 0 Å². The van der Waals surface area contributed by atoms with E-state index in [0.29, 0.717) is 19.5 Å². The number of carbonyl (C=O) groups is 1. The minimum absolute atomic E-state index is 0.0195. The average molecular weight is 253 g/mol. The van der Waals surface area contributed by atoms with Crippen LogP contribution in [0.25, 0.3) is 0 Å². The van der Waals surface area contributed by atoms with Crippen LogP contribution in [0.5, 0.6) is 0 Å². The van der Waals surface area contributed by atoms with Gasteiger partial charge < -0.3 is 10.2 Å². The van der Waals surface area contributed by atoms with Crippen LogP contribution in [0.4, 0.5) is 0 Å². The lowest BCUT2D eigenvalue weighted by molar-refractivity contribution is -0.133. The fraction of sp³-hybridized carbons (Fsp3) is 0.333. The molecule has 2 atom stereocenters. The zero-order chi connectivity index (χ0) is 13.2. The lowest BCUT2D eigenvalue weighted by Gasteiger charge is -2.30. The highest BCUT2D eigenvalue weighted by Crippen LogP contribution is 2.19. The molecule has 1 unspecified atom stereocenters. The normalized spacial score (nSPS) is 24.9. The van der Waals surface area contributed by atoms with Gasteiger partial charge in [0.05, 0.1) is 12.1 Å². The van der Waals surface area contributed by atoms with E-state index in [2.05, 4.69) is 23.5 Å². The van der Waals surface area contributed by atoms with E-state index in [0.717, 1.165) is 0 Å². The summed E-state index contributed by atoms with van der Waals surface area (Å²) in [6, 6.07) is 9.68. The van der Waals surface area contributed by atoms with Gasteiger partial charge in [-0.05, 0) is 23.6 Å². The first kappa shape index (κ1) is 11.9. The van der Waals surface area contributed by atoms with E-state index in [9.17, 15) is 4.79 Å². The minimum atomic E-state index is -0.411. The Kier molecular flexibility index (Phi) is 3.06. The van der Waals surface area contributed by atoms with Gasteiger partial charge in [0.15, 0.2) is 0 Å². The number of nitriles is 1. The molecule has 4 heteroatoms. The maximum absolute atomic E-state index is 12.5. The summed E-state index contributed by atoms with van der Waals surface area (Å²) in [5.74, 6) is 0.0195. The summed E-state index contributed by atoms with van der Waals surface area (Å²) < 4.78 is 0. The van der Waals surface area contributed by atoms with E-state index >= 15 is 0 Å². The highest BCUT2D eigenvalue weighted by Gasteiger charge is 2.32. The molecular formula is C15H15N3O. The number of rotatable bonds is 1.